The van der Waals surface area contributed by atoms with Crippen molar-refractivity contribution in [1.29, 1.82) is 0 Å². The number of aliphatic hydroxyl groups is 7. The third-order valence-corrected chi connectivity index (χ3v) is 12.8. The first-order chi connectivity index (χ1) is 20.7. The van der Waals surface area contributed by atoms with Crippen LogP contribution in [0.15, 0.2) is 0 Å². The molecule has 11 heteroatoms. The third kappa shape index (κ3) is 6.99. The minimum atomic E-state index is -1.98. The molecule has 14 atom stereocenters. The highest BCUT2D eigenvalue weighted by Gasteiger charge is 2.63. The van der Waals surface area contributed by atoms with E-state index in [0.717, 1.165) is 44.9 Å². The molecule has 11 nitrogen and oxygen atoms in total. The van der Waals surface area contributed by atoms with Gasteiger partial charge < -0.3 is 46.4 Å². The van der Waals surface area contributed by atoms with Crippen molar-refractivity contribution in [2.45, 2.75) is 128 Å². The van der Waals surface area contributed by atoms with Gasteiger partial charge in [0.05, 0.1) is 18.8 Å². The molecule has 0 unspecified atom stereocenters. The Morgan fingerprint density at radius 1 is 0.886 bits per heavy atom. The van der Waals surface area contributed by atoms with Crippen LogP contribution in [0.4, 0.5) is 0 Å². The van der Waals surface area contributed by atoms with Crippen molar-refractivity contribution in [1.82, 2.24) is 10.6 Å². The van der Waals surface area contributed by atoms with E-state index in [9.17, 15) is 40.2 Å². The molecule has 0 aliphatic heterocycles. The monoisotopic (exact) mass is 626 g/mol. The second-order valence-electron chi connectivity index (χ2n) is 15.1. The lowest BCUT2D eigenvalue weighted by molar-refractivity contribution is -0.174. The smallest absolute Gasteiger partial charge is 0.251 e. The van der Waals surface area contributed by atoms with Gasteiger partial charge in [-0.05, 0) is 111 Å². The Labute approximate surface area is 261 Å². The van der Waals surface area contributed by atoms with Crippen LogP contribution in [0.1, 0.15) is 91.4 Å². The standard InChI is InChI=1S/C33H58N2O9/c1-18(5-10-27(40)34-13-4-14-35-31(44)30(43)29(42)28(41)25(38)17-36)22-8-9-23-21-7-6-19-15-20(37)11-12-32(19,2)24(21)16-26(39)33(22,23)3/h18-26,28-30,36-39,41-43H,4-17H2,1-3H3,(H,34,40)(H,35,44)/t18-,19-,20-,21+,22-,23+,24+,25-,26+,28-,29+,30-,32+,33-/m1/s1. The van der Waals surface area contributed by atoms with Crippen molar-refractivity contribution in [3.8, 4) is 0 Å². The van der Waals surface area contributed by atoms with Crippen molar-refractivity contribution in [3.63, 3.8) is 0 Å². The molecular formula is C33H58N2O9. The van der Waals surface area contributed by atoms with E-state index in [1.807, 2.05) is 0 Å². The molecule has 254 valence electrons. The van der Waals surface area contributed by atoms with E-state index in [2.05, 4.69) is 31.4 Å². The van der Waals surface area contributed by atoms with Gasteiger partial charge in [0.1, 0.15) is 18.3 Å². The van der Waals surface area contributed by atoms with Crippen LogP contribution >= 0.6 is 0 Å². The van der Waals surface area contributed by atoms with Gasteiger partial charge in [-0.25, -0.2) is 0 Å². The van der Waals surface area contributed by atoms with Gasteiger partial charge in [-0.3, -0.25) is 9.59 Å². The number of nitrogens with one attached hydrogen (secondary N) is 2. The lowest BCUT2D eigenvalue weighted by Gasteiger charge is -2.62. The highest BCUT2D eigenvalue weighted by atomic mass is 16.4. The Morgan fingerprint density at radius 3 is 2.30 bits per heavy atom. The van der Waals surface area contributed by atoms with Crippen LogP contribution in [0.5, 0.6) is 0 Å². The van der Waals surface area contributed by atoms with Crippen molar-refractivity contribution in [2.75, 3.05) is 19.7 Å². The lowest BCUT2D eigenvalue weighted by atomic mass is 9.43. The van der Waals surface area contributed by atoms with Gasteiger partial charge in [-0.15, -0.1) is 0 Å². The number of amides is 2. The molecule has 2 amide bonds. The van der Waals surface area contributed by atoms with Crippen LogP contribution in [0.3, 0.4) is 0 Å². The summed E-state index contributed by atoms with van der Waals surface area (Å²) in [7, 11) is 0. The highest BCUT2D eigenvalue weighted by Crippen LogP contribution is 2.68. The van der Waals surface area contributed by atoms with Gasteiger partial charge in [0.25, 0.3) is 5.91 Å². The van der Waals surface area contributed by atoms with Crippen molar-refractivity contribution < 1.29 is 45.3 Å². The summed E-state index contributed by atoms with van der Waals surface area (Å²) in [6.07, 6.45) is 1.77. The maximum atomic E-state index is 12.6. The highest BCUT2D eigenvalue weighted by molar-refractivity contribution is 5.81. The van der Waals surface area contributed by atoms with Crippen LogP contribution in [-0.2, 0) is 9.59 Å². The molecule has 0 heterocycles. The number of rotatable bonds is 13. The van der Waals surface area contributed by atoms with Gasteiger partial charge in [0.15, 0.2) is 6.10 Å². The van der Waals surface area contributed by atoms with E-state index >= 15 is 0 Å². The van der Waals surface area contributed by atoms with Crippen LogP contribution in [0.2, 0.25) is 0 Å². The lowest BCUT2D eigenvalue weighted by Crippen LogP contribution is -2.58. The third-order valence-electron chi connectivity index (χ3n) is 12.8. The van der Waals surface area contributed by atoms with Crippen molar-refractivity contribution in [3.05, 3.63) is 0 Å². The Kier molecular flexibility index (Phi) is 11.8. The molecular weight excluding hydrogens is 568 g/mol. The summed E-state index contributed by atoms with van der Waals surface area (Å²) in [5.41, 5.74) is 0.0689. The average Bonchev–Trinajstić information content (AvgIpc) is 3.37. The van der Waals surface area contributed by atoms with E-state index in [1.54, 1.807) is 0 Å². The van der Waals surface area contributed by atoms with Gasteiger partial charge in [0.2, 0.25) is 5.91 Å². The number of aliphatic hydroxyl groups excluding tert-OH is 7. The summed E-state index contributed by atoms with van der Waals surface area (Å²) in [6, 6.07) is 0. The fourth-order valence-electron chi connectivity index (χ4n) is 10.1. The Balaban J connectivity index is 1.20. The van der Waals surface area contributed by atoms with Gasteiger partial charge in [-0.1, -0.05) is 20.8 Å². The van der Waals surface area contributed by atoms with Crippen LogP contribution in [0, 0.1) is 46.3 Å². The maximum Gasteiger partial charge on any atom is 0.251 e. The molecule has 0 spiro atoms. The fourth-order valence-corrected chi connectivity index (χ4v) is 10.1. The number of hydrogen-bond acceptors (Lipinski definition) is 9. The Bertz CT molecular complexity index is 985. The van der Waals surface area contributed by atoms with Gasteiger partial charge in [-0.2, -0.15) is 0 Å². The zero-order valence-corrected chi connectivity index (χ0v) is 26.8. The van der Waals surface area contributed by atoms with E-state index in [1.165, 1.54) is 12.8 Å². The number of fused-ring (bicyclic) bond motifs is 5. The molecule has 0 radical (unpaired) electrons. The first kappa shape index (κ1) is 35.5. The number of hydrogen-bond donors (Lipinski definition) is 9. The second kappa shape index (κ2) is 14.6. The number of carbonyl (C=O) groups excluding carboxylic acids is 2. The van der Waals surface area contributed by atoms with Crippen LogP contribution in [-0.4, -0.2) is 104 Å². The molecule has 0 bridgehead atoms. The molecule has 4 saturated carbocycles. The molecule has 0 aromatic heterocycles. The average molecular weight is 627 g/mol. The van der Waals surface area contributed by atoms with Crippen LogP contribution in [0.25, 0.3) is 0 Å². The molecule has 4 fully saturated rings. The molecule has 4 aliphatic carbocycles. The molecule has 0 saturated heterocycles. The second-order valence-corrected chi connectivity index (χ2v) is 15.1. The first-order valence-electron chi connectivity index (χ1n) is 17.0. The fraction of sp³-hybridized carbons (Fsp3) is 0.939. The topological polar surface area (TPSA) is 200 Å². The molecule has 0 aromatic carbocycles. The summed E-state index contributed by atoms with van der Waals surface area (Å²) in [5, 5.41) is 74.9. The molecule has 9 N–H and O–H groups in total. The predicted octanol–water partition coefficient (Wildman–Crippen LogP) is 0.452. The SMILES string of the molecule is C[C@H](CCC(=O)NCCCNC(=O)[C@H](O)[C@@H](O)[C@H](O)[C@H](O)CO)[C@H]1CC[C@H]2[C@@H]3CC[C@@H]4C[C@H](O)CC[C@]4(C)[C@H]3C[C@H](O)[C@]12C. The van der Waals surface area contributed by atoms with E-state index in [4.69, 9.17) is 5.11 Å². The summed E-state index contributed by atoms with van der Waals surface area (Å²) < 4.78 is 0. The molecule has 4 aliphatic rings. The minimum absolute atomic E-state index is 0.0746. The summed E-state index contributed by atoms with van der Waals surface area (Å²) in [6.45, 7) is 6.58. The van der Waals surface area contributed by atoms with Crippen molar-refractivity contribution in [2.24, 2.45) is 46.3 Å². The molecule has 0 aromatic rings. The number of carbonyl (C=O) groups is 2. The van der Waals surface area contributed by atoms with Gasteiger partial charge in [0, 0.05) is 19.5 Å². The van der Waals surface area contributed by atoms with E-state index < -0.39 is 36.9 Å². The molecule has 4 rings (SSSR count). The zero-order valence-electron chi connectivity index (χ0n) is 26.8. The summed E-state index contributed by atoms with van der Waals surface area (Å²) in [4.78, 5) is 24.6. The Morgan fingerprint density at radius 2 is 1.59 bits per heavy atom. The maximum absolute atomic E-state index is 12.6. The largest absolute Gasteiger partial charge is 0.394 e. The van der Waals surface area contributed by atoms with E-state index in [0.29, 0.717) is 54.9 Å². The minimum Gasteiger partial charge on any atom is -0.394 e. The summed E-state index contributed by atoms with van der Waals surface area (Å²) >= 11 is 0. The van der Waals surface area contributed by atoms with Gasteiger partial charge >= 0.3 is 0 Å². The Hall–Kier alpha value is -1.34. The van der Waals surface area contributed by atoms with E-state index in [-0.39, 0.29) is 35.5 Å². The normalized spacial score (nSPS) is 40.0. The van der Waals surface area contributed by atoms with Crippen LogP contribution < -0.4 is 10.6 Å². The molecule has 44 heavy (non-hydrogen) atoms. The zero-order chi connectivity index (χ0) is 32.4. The summed E-state index contributed by atoms with van der Waals surface area (Å²) in [5.74, 6) is 1.86. The first-order valence-corrected chi connectivity index (χ1v) is 17.0. The quantitative estimate of drug-likeness (QED) is 0.130. The predicted molar refractivity (Wildman–Crippen MR) is 163 cm³/mol. The van der Waals surface area contributed by atoms with Crippen molar-refractivity contribution >= 4 is 11.8 Å².